The van der Waals surface area contributed by atoms with Crippen LogP contribution in [-0.4, -0.2) is 60.8 Å². The number of imidazole rings is 1. The Morgan fingerprint density at radius 3 is 2.59 bits per heavy atom. The molecule has 3 atom stereocenters. The molecule has 226 valence electrons. The molecular weight excluding hydrogens is 566 g/mol. The monoisotopic (exact) mass is 598 g/mol. The maximum absolute atomic E-state index is 14.8. The number of carbonyl (C=O) groups is 1. The lowest BCUT2D eigenvalue weighted by Crippen LogP contribution is -2.41. The highest BCUT2D eigenvalue weighted by Crippen LogP contribution is 2.40. The van der Waals surface area contributed by atoms with Gasteiger partial charge in [-0.05, 0) is 73.9 Å². The molecule has 4 heterocycles. The zero-order chi connectivity index (χ0) is 30.4. The van der Waals surface area contributed by atoms with Crippen molar-refractivity contribution in [3.05, 3.63) is 59.7 Å². The summed E-state index contributed by atoms with van der Waals surface area (Å²) in [4.78, 5) is 25.4. The van der Waals surface area contributed by atoms with Crippen molar-refractivity contribution in [3.63, 3.8) is 0 Å². The standard InChI is InChI=1S/C33H32F2N6O3/c1-39-30-24(9-19(11-28(30)44-2)33(43)41-15-18-6-8-25(41)29(18)36)38-32(39)26-10-17-5-7-23(20-12-22(35)27(42)13-21(20)34)37-31(17)40(26)14-16-3-4-16/h5,7,9-13,16,18,25,29,42H,3-4,6,8,14-15,36H2,1-2H3/t18?,25?,29-/m1/s1. The normalized spacial score (nSPS) is 21.2. The van der Waals surface area contributed by atoms with E-state index in [0.29, 0.717) is 53.2 Å². The number of benzene rings is 2. The van der Waals surface area contributed by atoms with Crippen molar-refractivity contribution in [2.75, 3.05) is 13.7 Å². The van der Waals surface area contributed by atoms with Crippen LogP contribution in [0.3, 0.4) is 0 Å². The third-order valence-corrected chi connectivity index (χ3v) is 9.74. The van der Waals surface area contributed by atoms with Crippen molar-refractivity contribution < 1.29 is 23.4 Å². The summed E-state index contributed by atoms with van der Waals surface area (Å²) in [5.41, 5.74) is 10.00. The van der Waals surface area contributed by atoms with Crippen molar-refractivity contribution in [1.29, 1.82) is 0 Å². The predicted octanol–water partition coefficient (Wildman–Crippen LogP) is 5.22. The number of hydrogen-bond acceptors (Lipinski definition) is 6. The van der Waals surface area contributed by atoms with E-state index < -0.39 is 17.4 Å². The minimum atomic E-state index is -0.913. The number of nitrogens with two attached hydrogens (primary N) is 1. The van der Waals surface area contributed by atoms with E-state index in [0.717, 1.165) is 54.4 Å². The third-order valence-electron chi connectivity index (χ3n) is 9.74. The second-order valence-electron chi connectivity index (χ2n) is 12.5. The fourth-order valence-electron chi connectivity index (χ4n) is 7.21. The quantitative estimate of drug-likeness (QED) is 0.277. The van der Waals surface area contributed by atoms with Gasteiger partial charge in [-0.1, -0.05) is 0 Å². The fraction of sp³-hybridized carbons (Fsp3) is 0.364. The Morgan fingerprint density at radius 2 is 1.89 bits per heavy atom. The lowest BCUT2D eigenvalue weighted by Gasteiger charge is -2.27. The summed E-state index contributed by atoms with van der Waals surface area (Å²) in [6.07, 6.45) is 4.19. The molecule has 2 aliphatic carbocycles. The topological polar surface area (TPSA) is 111 Å². The van der Waals surface area contributed by atoms with Crippen molar-refractivity contribution in [2.45, 2.75) is 44.3 Å². The lowest BCUT2D eigenvalue weighted by molar-refractivity contribution is 0.0700. The van der Waals surface area contributed by atoms with Gasteiger partial charge < -0.3 is 29.6 Å². The van der Waals surface area contributed by atoms with Gasteiger partial charge in [0.1, 0.15) is 22.7 Å². The first-order chi connectivity index (χ1) is 21.2. The Kier molecular flexibility index (Phi) is 6.00. The van der Waals surface area contributed by atoms with Gasteiger partial charge in [0.2, 0.25) is 0 Å². The predicted molar refractivity (Wildman–Crippen MR) is 161 cm³/mol. The number of hydrogen-bond donors (Lipinski definition) is 2. The van der Waals surface area contributed by atoms with Crippen LogP contribution in [0.15, 0.2) is 42.5 Å². The molecule has 1 aliphatic heterocycles. The van der Waals surface area contributed by atoms with E-state index in [1.54, 1.807) is 19.2 Å². The number of halogens is 2. The van der Waals surface area contributed by atoms with Gasteiger partial charge in [0.25, 0.3) is 5.91 Å². The molecule has 2 saturated carbocycles. The number of aromatic hydroxyl groups is 1. The Morgan fingerprint density at radius 1 is 1.07 bits per heavy atom. The van der Waals surface area contributed by atoms with Gasteiger partial charge in [0, 0.05) is 54.8 Å². The van der Waals surface area contributed by atoms with Crippen LogP contribution in [0.5, 0.6) is 11.5 Å². The lowest BCUT2D eigenvalue weighted by atomic mass is 10.1. The van der Waals surface area contributed by atoms with Crippen LogP contribution in [0, 0.1) is 23.5 Å². The van der Waals surface area contributed by atoms with Crippen LogP contribution in [0.1, 0.15) is 36.0 Å². The summed E-state index contributed by atoms with van der Waals surface area (Å²) >= 11 is 0. The number of carbonyl (C=O) groups excluding carboxylic acids is 1. The number of aryl methyl sites for hydroxylation is 1. The van der Waals surface area contributed by atoms with E-state index in [2.05, 4.69) is 4.57 Å². The average Bonchev–Trinajstić information content (AvgIpc) is 3.42. The molecule has 2 unspecified atom stereocenters. The van der Waals surface area contributed by atoms with E-state index in [4.69, 9.17) is 20.4 Å². The molecule has 3 aromatic heterocycles. The number of ether oxygens (including phenoxy) is 1. The molecule has 8 rings (SSSR count). The van der Waals surface area contributed by atoms with Gasteiger partial charge in [-0.25, -0.2) is 18.7 Å². The number of piperidine rings is 1. The molecule has 1 amide bonds. The van der Waals surface area contributed by atoms with E-state index in [9.17, 15) is 18.7 Å². The molecule has 11 heteroatoms. The number of pyridine rings is 1. The molecule has 0 spiro atoms. The summed E-state index contributed by atoms with van der Waals surface area (Å²) < 4.78 is 38.8. The summed E-state index contributed by atoms with van der Waals surface area (Å²) in [6, 6.07) is 10.9. The Bertz CT molecular complexity index is 2000. The van der Waals surface area contributed by atoms with Gasteiger partial charge >= 0.3 is 0 Å². The Hall–Kier alpha value is -4.51. The molecule has 2 bridgehead atoms. The molecule has 5 aromatic rings. The van der Waals surface area contributed by atoms with E-state index in [1.807, 2.05) is 34.7 Å². The number of aromatic nitrogens is 4. The summed E-state index contributed by atoms with van der Waals surface area (Å²) in [6.45, 7) is 1.37. The highest BCUT2D eigenvalue weighted by molar-refractivity contribution is 6.00. The first kappa shape index (κ1) is 27.1. The molecular formula is C33H32F2N6O3. The number of phenols is 1. The number of rotatable bonds is 6. The minimum absolute atomic E-state index is 0.0260. The Balaban J connectivity index is 1.25. The highest BCUT2D eigenvalue weighted by Gasteiger charge is 2.47. The number of fused-ring (bicyclic) bond motifs is 4. The molecule has 2 aromatic carbocycles. The van der Waals surface area contributed by atoms with Crippen LogP contribution in [-0.2, 0) is 13.6 Å². The number of likely N-dealkylation sites (tertiary alicyclic amines) is 1. The fourth-order valence-corrected chi connectivity index (χ4v) is 7.21. The highest BCUT2D eigenvalue weighted by atomic mass is 19.1. The summed E-state index contributed by atoms with van der Waals surface area (Å²) in [5.74, 6) is -0.418. The van der Waals surface area contributed by atoms with Crippen molar-refractivity contribution >= 4 is 28.0 Å². The van der Waals surface area contributed by atoms with Crippen LogP contribution >= 0.6 is 0 Å². The number of methoxy groups -OCH3 is 1. The Labute approximate surface area is 251 Å². The molecule has 3 fully saturated rings. The van der Waals surface area contributed by atoms with E-state index >= 15 is 0 Å². The zero-order valence-corrected chi connectivity index (χ0v) is 24.4. The third kappa shape index (κ3) is 4.09. The first-order valence-corrected chi connectivity index (χ1v) is 15.0. The molecule has 1 saturated heterocycles. The van der Waals surface area contributed by atoms with Gasteiger partial charge in [-0.3, -0.25) is 4.79 Å². The molecule has 0 radical (unpaired) electrons. The average molecular weight is 599 g/mol. The van der Waals surface area contributed by atoms with Crippen molar-refractivity contribution in [2.24, 2.45) is 24.6 Å². The van der Waals surface area contributed by atoms with Crippen LogP contribution in [0.2, 0.25) is 0 Å². The smallest absolute Gasteiger partial charge is 0.254 e. The maximum atomic E-state index is 14.8. The SMILES string of the molecule is COc1cc(C(=O)N2CC3CCC2[C@@H]3N)cc2nc(-c3cc4ccc(-c5cc(F)c(O)cc5F)nc4n3CC3CC3)n(C)c12. The van der Waals surface area contributed by atoms with E-state index in [1.165, 1.54) is 0 Å². The molecule has 3 aliphatic rings. The molecule has 44 heavy (non-hydrogen) atoms. The van der Waals surface area contributed by atoms with Crippen LogP contribution in [0.4, 0.5) is 8.78 Å². The van der Waals surface area contributed by atoms with E-state index in [-0.39, 0.29) is 29.2 Å². The first-order valence-electron chi connectivity index (χ1n) is 15.0. The summed E-state index contributed by atoms with van der Waals surface area (Å²) in [5, 5.41) is 10.4. The van der Waals surface area contributed by atoms with Crippen LogP contribution < -0.4 is 10.5 Å². The van der Waals surface area contributed by atoms with Crippen molar-refractivity contribution in [1.82, 2.24) is 24.0 Å². The zero-order valence-electron chi connectivity index (χ0n) is 24.4. The number of nitrogens with zero attached hydrogens (tertiary/aromatic N) is 5. The summed E-state index contributed by atoms with van der Waals surface area (Å²) in [7, 11) is 3.50. The second kappa shape index (κ2) is 9.75. The maximum Gasteiger partial charge on any atom is 0.254 e. The van der Waals surface area contributed by atoms with Gasteiger partial charge in [-0.2, -0.15) is 0 Å². The molecule has 3 N–H and O–H groups in total. The van der Waals surface area contributed by atoms with Crippen molar-refractivity contribution in [3.8, 4) is 34.3 Å². The van der Waals surface area contributed by atoms with Gasteiger partial charge in [0.05, 0.1) is 24.0 Å². The van der Waals surface area contributed by atoms with Gasteiger partial charge in [-0.15, -0.1) is 0 Å². The number of amides is 1. The van der Waals surface area contributed by atoms with Crippen LogP contribution in [0.25, 0.3) is 44.8 Å². The largest absolute Gasteiger partial charge is 0.505 e. The van der Waals surface area contributed by atoms with Gasteiger partial charge in [0.15, 0.2) is 17.4 Å². The molecule has 9 nitrogen and oxygen atoms in total. The second-order valence-corrected chi connectivity index (χ2v) is 12.5. The number of phenolic OH excluding ortho intramolecular Hbond substituents is 1. The minimum Gasteiger partial charge on any atom is -0.505 e.